The molecule has 1 aromatic rings. The Balaban J connectivity index is 2.19. The van der Waals surface area contributed by atoms with Gasteiger partial charge in [-0.15, -0.1) is 0 Å². The summed E-state index contributed by atoms with van der Waals surface area (Å²) in [4.78, 5) is 2.46. The van der Waals surface area contributed by atoms with Gasteiger partial charge in [-0.05, 0) is 54.9 Å². The van der Waals surface area contributed by atoms with Gasteiger partial charge in [0.2, 0.25) is 0 Å². The molecule has 1 rings (SSSR count). The second-order valence-electron chi connectivity index (χ2n) is 4.16. The van der Waals surface area contributed by atoms with Gasteiger partial charge in [0, 0.05) is 50.3 Å². The first-order chi connectivity index (χ1) is 9.86. The highest BCUT2D eigenvalue weighted by Gasteiger charge is 1.98. The first-order valence-corrected chi connectivity index (χ1v) is 8.37. The number of rotatable bonds is 12. The van der Waals surface area contributed by atoms with Crippen molar-refractivity contribution in [2.24, 2.45) is 0 Å². The molecule has 2 N–H and O–H groups in total. The van der Waals surface area contributed by atoms with Crippen molar-refractivity contribution in [1.82, 2.24) is 9.44 Å². The lowest BCUT2D eigenvalue weighted by Gasteiger charge is -2.07. The number of methoxy groups -OCH3 is 2. The second kappa shape index (κ2) is 12.5. The highest BCUT2D eigenvalue weighted by molar-refractivity contribution is 7.98. The zero-order chi connectivity index (χ0) is 14.5. The van der Waals surface area contributed by atoms with Crippen molar-refractivity contribution < 1.29 is 9.47 Å². The van der Waals surface area contributed by atoms with E-state index in [1.54, 1.807) is 38.1 Å². The van der Waals surface area contributed by atoms with E-state index in [1.807, 2.05) is 0 Å². The van der Waals surface area contributed by atoms with Crippen LogP contribution in [0, 0.1) is 0 Å². The third-order valence-electron chi connectivity index (χ3n) is 2.44. The first-order valence-electron chi connectivity index (χ1n) is 6.74. The lowest BCUT2D eigenvalue weighted by Crippen LogP contribution is -2.08. The average Bonchev–Trinajstić information content (AvgIpc) is 2.47. The molecular formula is C14H24N2O2S2. The highest BCUT2D eigenvalue weighted by atomic mass is 32.2. The van der Waals surface area contributed by atoms with E-state index in [9.17, 15) is 0 Å². The molecule has 0 aliphatic rings. The van der Waals surface area contributed by atoms with Crippen LogP contribution in [0.4, 0.5) is 0 Å². The molecule has 4 nitrogen and oxygen atoms in total. The molecule has 20 heavy (non-hydrogen) atoms. The van der Waals surface area contributed by atoms with Gasteiger partial charge in [-0.3, -0.25) is 9.44 Å². The van der Waals surface area contributed by atoms with Crippen molar-refractivity contribution >= 4 is 23.9 Å². The van der Waals surface area contributed by atoms with Crippen molar-refractivity contribution in [3.63, 3.8) is 0 Å². The molecule has 0 amide bonds. The molecule has 6 heteroatoms. The van der Waals surface area contributed by atoms with Crippen LogP contribution in [0.2, 0.25) is 0 Å². The molecule has 0 spiro atoms. The second-order valence-corrected chi connectivity index (χ2v) is 6.09. The molecule has 0 aliphatic heterocycles. The van der Waals surface area contributed by atoms with Crippen LogP contribution in [-0.4, -0.2) is 40.5 Å². The number of nitrogens with one attached hydrogen (secondary N) is 2. The quantitative estimate of drug-likeness (QED) is 0.456. The number of benzene rings is 1. The Morgan fingerprint density at radius 3 is 1.85 bits per heavy atom. The minimum absolute atomic E-state index is 0.800. The Bertz CT molecular complexity index is 324. The fraction of sp³-hybridized carbons (Fsp3) is 0.571. The minimum Gasteiger partial charge on any atom is -0.385 e. The van der Waals surface area contributed by atoms with Crippen LogP contribution in [0.3, 0.4) is 0 Å². The maximum atomic E-state index is 5.02. The molecule has 114 valence electrons. The third-order valence-corrected chi connectivity index (χ3v) is 4.12. The van der Waals surface area contributed by atoms with Gasteiger partial charge in [-0.1, -0.05) is 6.07 Å². The van der Waals surface area contributed by atoms with Crippen LogP contribution >= 0.6 is 23.9 Å². The van der Waals surface area contributed by atoms with Crippen LogP contribution < -0.4 is 9.44 Å². The maximum absolute atomic E-state index is 5.02. The van der Waals surface area contributed by atoms with Crippen molar-refractivity contribution in [2.45, 2.75) is 22.6 Å². The van der Waals surface area contributed by atoms with Crippen LogP contribution in [0.5, 0.6) is 0 Å². The average molecular weight is 316 g/mol. The fourth-order valence-corrected chi connectivity index (χ4v) is 3.01. The Morgan fingerprint density at radius 2 is 1.40 bits per heavy atom. The van der Waals surface area contributed by atoms with Crippen LogP contribution in [0.25, 0.3) is 0 Å². The molecule has 1 aromatic carbocycles. The smallest absolute Gasteiger partial charge is 0.0474 e. The van der Waals surface area contributed by atoms with E-state index < -0.39 is 0 Å². The molecule has 0 unspecified atom stereocenters. The number of hydrogen-bond donors (Lipinski definition) is 2. The predicted molar refractivity (Wildman–Crippen MR) is 87.1 cm³/mol. The molecule has 0 saturated heterocycles. The van der Waals surface area contributed by atoms with Crippen molar-refractivity contribution in [2.75, 3.05) is 40.5 Å². The standard InChI is InChI=1S/C14H24N2O2S2/c1-17-10-4-8-15-19-13-6-3-7-14(12-13)20-16-9-5-11-18-2/h3,6-7,12,15-16H,4-5,8-11H2,1-2H3. The molecular weight excluding hydrogens is 292 g/mol. The van der Waals surface area contributed by atoms with E-state index in [2.05, 4.69) is 33.7 Å². The van der Waals surface area contributed by atoms with Gasteiger partial charge in [0.1, 0.15) is 0 Å². The zero-order valence-electron chi connectivity index (χ0n) is 12.2. The van der Waals surface area contributed by atoms with Gasteiger partial charge < -0.3 is 9.47 Å². The fourth-order valence-electron chi connectivity index (χ4n) is 1.45. The lowest BCUT2D eigenvalue weighted by atomic mass is 10.4. The summed E-state index contributed by atoms with van der Waals surface area (Å²) >= 11 is 3.33. The number of ether oxygens (including phenoxy) is 2. The summed E-state index contributed by atoms with van der Waals surface area (Å²) in [7, 11) is 3.46. The topological polar surface area (TPSA) is 42.5 Å². The van der Waals surface area contributed by atoms with E-state index in [0.29, 0.717) is 0 Å². The van der Waals surface area contributed by atoms with E-state index in [0.717, 1.165) is 39.1 Å². The largest absolute Gasteiger partial charge is 0.385 e. The highest BCUT2D eigenvalue weighted by Crippen LogP contribution is 2.21. The first kappa shape index (κ1) is 17.8. The van der Waals surface area contributed by atoms with E-state index >= 15 is 0 Å². The predicted octanol–water partition coefficient (Wildman–Crippen LogP) is 2.95. The maximum Gasteiger partial charge on any atom is 0.0474 e. The van der Waals surface area contributed by atoms with Gasteiger partial charge >= 0.3 is 0 Å². The SMILES string of the molecule is COCCCNSc1cccc(SNCCCOC)c1. The summed E-state index contributed by atoms with van der Waals surface area (Å²) in [5, 5.41) is 0. The van der Waals surface area contributed by atoms with Gasteiger partial charge in [-0.25, -0.2) is 0 Å². The molecule has 0 bridgehead atoms. The van der Waals surface area contributed by atoms with E-state index in [-0.39, 0.29) is 0 Å². The molecule has 0 saturated carbocycles. The summed E-state index contributed by atoms with van der Waals surface area (Å²) in [5.74, 6) is 0. The van der Waals surface area contributed by atoms with Gasteiger partial charge in [-0.2, -0.15) is 0 Å². The van der Waals surface area contributed by atoms with Gasteiger partial charge in [0.15, 0.2) is 0 Å². The van der Waals surface area contributed by atoms with E-state index in [4.69, 9.17) is 9.47 Å². The third kappa shape index (κ3) is 8.84. The van der Waals surface area contributed by atoms with Crippen molar-refractivity contribution in [3.05, 3.63) is 24.3 Å². The molecule has 0 heterocycles. The van der Waals surface area contributed by atoms with Gasteiger partial charge in [0.25, 0.3) is 0 Å². The number of hydrogen-bond acceptors (Lipinski definition) is 6. The Hall–Kier alpha value is -0.240. The summed E-state index contributed by atoms with van der Waals surface area (Å²) < 4.78 is 16.7. The van der Waals surface area contributed by atoms with Crippen LogP contribution in [0.15, 0.2) is 34.1 Å². The van der Waals surface area contributed by atoms with Crippen molar-refractivity contribution in [1.29, 1.82) is 0 Å². The molecule has 0 fully saturated rings. The molecule has 0 aliphatic carbocycles. The Kier molecular flexibility index (Phi) is 11.1. The lowest BCUT2D eigenvalue weighted by molar-refractivity contribution is 0.196. The Labute approximate surface area is 130 Å². The molecule has 0 aromatic heterocycles. The summed E-state index contributed by atoms with van der Waals surface area (Å²) in [6.45, 7) is 3.50. The normalized spacial score (nSPS) is 10.9. The molecule has 0 radical (unpaired) electrons. The minimum atomic E-state index is 0.800. The summed E-state index contributed by atoms with van der Waals surface area (Å²) in [6, 6.07) is 8.49. The monoisotopic (exact) mass is 316 g/mol. The van der Waals surface area contributed by atoms with Crippen LogP contribution in [-0.2, 0) is 9.47 Å². The zero-order valence-corrected chi connectivity index (χ0v) is 13.8. The van der Waals surface area contributed by atoms with E-state index in [1.165, 1.54) is 9.79 Å². The van der Waals surface area contributed by atoms with Crippen molar-refractivity contribution in [3.8, 4) is 0 Å². The summed E-state index contributed by atoms with van der Waals surface area (Å²) in [6.07, 6.45) is 2.05. The Morgan fingerprint density at radius 1 is 0.900 bits per heavy atom. The van der Waals surface area contributed by atoms with Gasteiger partial charge in [0.05, 0.1) is 0 Å². The van der Waals surface area contributed by atoms with Crippen LogP contribution in [0.1, 0.15) is 12.8 Å². The molecule has 0 atom stereocenters. The summed E-state index contributed by atoms with van der Waals surface area (Å²) in [5.41, 5.74) is 0.